The Kier molecular flexibility index (Phi) is 6.30. The van der Waals surface area contributed by atoms with Crippen molar-refractivity contribution in [3.63, 3.8) is 0 Å². The molecule has 3 nitrogen and oxygen atoms in total. The molecule has 0 radical (unpaired) electrons. The third-order valence-electron chi connectivity index (χ3n) is 3.47. The second-order valence-corrected chi connectivity index (χ2v) is 4.77. The normalized spacial score (nSPS) is 25.4. The SMILES string of the molecule is CCC(O)CN1CCN(CC(F)F)C(CC)C1. The molecule has 0 bridgehead atoms. The maximum Gasteiger partial charge on any atom is 0.251 e. The number of hydrogen-bond acceptors (Lipinski definition) is 3. The van der Waals surface area contributed by atoms with Crippen molar-refractivity contribution in [3.05, 3.63) is 0 Å². The van der Waals surface area contributed by atoms with Gasteiger partial charge in [0.15, 0.2) is 0 Å². The molecule has 0 aromatic heterocycles. The molecule has 5 heteroatoms. The molecule has 2 atom stereocenters. The molecule has 1 heterocycles. The molecule has 0 spiro atoms. The summed E-state index contributed by atoms with van der Waals surface area (Å²) in [5.41, 5.74) is 0. The van der Waals surface area contributed by atoms with Gasteiger partial charge in [0, 0.05) is 32.2 Å². The van der Waals surface area contributed by atoms with E-state index in [-0.39, 0.29) is 18.7 Å². The van der Waals surface area contributed by atoms with Crippen molar-refractivity contribution in [2.24, 2.45) is 0 Å². The van der Waals surface area contributed by atoms with E-state index in [1.807, 2.05) is 18.7 Å². The van der Waals surface area contributed by atoms with Gasteiger partial charge in [-0.05, 0) is 12.8 Å². The van der Waals surface area contributed by atoms with Crippen LogP contribution in [0.25, 0.3) is 0 Å². The van der Waals surface area contributed by atoms with Gasteiger partial charge in [0.2, 0.25) is 0 Å². The topological polar surface area (TPSA) is 26.7 Å². The standard InChI is InChI=1S/C12H24F2N2O/c1-3-10-7-15(8-11(17)4-2)5-6-16(10)9-12(13)14/h10-12,17H,3-9H2,1-2H3. The van der Waals surface area contributed by atoms with E-state index in [0.29, 0.717) is 13.1 Å². The van der Waals surface area contributed by atoms with Gasteiger partial charge in [-0.25, -0.2) is 8.78 Å². The molecule has 1 rings (SSSR count). The number of aliphatic hydroxyl groups is 1. The second kappa shape index (κ2) is 7.24. The number of rotatable bonds is 6. The fourth-order valence-electron chi connectivity index (χ4n) is 2.36. The van der Waals surface area contributed by atoms with Crippen LogP contribution in [0.2, 0.25) is 0 Å². The summed E-state index contributed by atoms with van der Waals surface area (Å²) in [5, 5.41) is 9.61. The summed E-state index contributed by atoms with van der Waals surface area (Å²) < 4.78 is 24.8. The monoisotopic (exact) mass is 250 g/mol. The molecule has 2 unspecified atom stereocenters. The summed E-state index contributed by atoms with van der Waals surface area (Å²) in [7, 11) is 0. The lowest BCUT2D eigenvalue weighted by molar-refractivity contribution is 0.00477. The average molecular weight is 250 g/mol. The van der Waals surface area contributed by atoms with Gasteiger partial charge in [-0.15, -0.1) is 0 Å². The number of hydrogen-bond donors (Lipinski definition) is 1. The van der Waals surface area contributed by atoms with Gasteiger partial charge in [-0.2, -0.15) is 0 Å². The van der Waals surface area contributed by atoms with Crippen LogP contribution in [0.15, 0.2) is 0 Å². The number of piperazine rings is 1. The zero-order valence-corrected chi connectivity index (χ0v) is 10.8. The number of aliphatic hydroxyl groups excluding tert-OH is 1. The summed E-state index contributed by atoms with van der Waals surface area (Å²) >= 11 is 0. The molecule has 0 aromatic carbocycles. The molecule has 17 heavy (non-hydrogen) atoms. The first-order valence-corrected chi connectivity index (χ1v) is 6.49. The molecule has 1 aliphatic rings. The number of nitrogens with zero attached hydrogens (tertiary/aromatic N) is 2. The van der Waals surface area contributed by atoms with Crippen LogP contribution < -0.4 is 0 Å². The highest BCUT2D eigenvalue weighted by Gasteiger charge is 2.28. The number of alkyl halides is 2. The lowest BCUT2D eigenvalue weighted by Gasteiger charge is -2.41. The predicted molar refractivity (Wildman–Crippen MR) is 64.4 cm³/mol. The fraction of sp³-hybridized carbons (Fsp3) is 1.00. The molecular formula is C12H24F2N2O. The van der Waals surface area contributed by atoms with Crippen LogP contribution >= 0.6 is 0 Å². The fourth-order valence-corrected chi connectivity index (χ4v) is 2.36. The van der Waals surface area contributed by atoms with E-state index >= 15 is 0 Å². The van der Waals surface area contributed by atoms with Gasteiger partial charge in [0.25, 0.3) is 6.43 Å². The van der Waals surface area contributed by atoms with Gasteiger partial charge in [-0.3, -0.25) is 9.80 Å². The minimum absolute atomic E-state index is 0.122. The molecule has 1 fully saturated rings. The van der Waals surface area contributed by atoms with Gasteiger partial charge in [0.1, 0.15) is 0 Å². The Morgan fingerprint density at radius 2 is 1.94 bits per heavy atom. The maximum absolute atomic E-state index is 12.4. The zero-order chi connectivity index (χ0) is 12.8. The third-order valence-corrected chi connectivity index (χ3v) is 3.47. The molecular weight excluding hydrogens is 226 g/mol. The first-order chi connectivity index (χ1) is 8.06. The van der Waals surface area contributed by atoms with E-state index in [4.69, 9.17) is 0 Å². The lowest BCUT2D eigenvalue weighted by Crippen LogP contribution is -2.55. The molecule has 102 valence electrons. The van der Waals surface area contributed by atoms with Crippen LogP contribution in [-0.2, 0) is 0 Å². The van der Waals surface area contributed by atoms with E-state index in [1.165, 1.54) is 0 Å². The van der Waals surface area contributed by atoms with E-state index < -0.39 is 6.43 Å². The summed E-state index contributed by atoms with van der Waals surface area (Å²) in [6, 6.07) is 0.196. The van der Waals surface area contributed by atoms with Crippen molar-refractivity contribution in [2.75, 3.05) is 32.7 Å². The summed E-state index contributed by atoms with van der Waals surface area (Å²) in [6.45, 7) is 6.77. The quantitative estimate of drug-likeness (QED) is 0.772. The molecule has 0 amide bonds. The van der Waals surface area contributed by atoms with Gasteiger partial charge in [-0.1, -0.05) is 13.8 Å². The van der Waals surface area contributed by atoms with Crippen molar-refractivity contribution < 1.29 is 13.9 Å². The molecule has 0 aromatic rings. The number of halogens is 2. The minimum Gasteiger partial charge on any atom is -0.392 e. The highest BCUT2D eigenvalue weighted by molar-refractivity contribution is 4.82. The highest BCUT2D eigenvalue weighted by Crippen LogP contribution is 2.15. The smallest absolute Gasteiger partial charge is 0.251 e. The average Bonchev–Trinajstić information content (AvgIpc) is 2.30. The maximum atomic E-state index is 12.4. The van der Waals surface area contributed by atoms with Crippen LogP contribution in [0.1, 0.15) is 26.7 Å². The van der Waals surface area contributed by atoms with E-state index in [2.05, 4.69) is 4.90 Å². The van der Waals surface area contributed by atoms with Gasteiger partial charge < -0.3 is 5.11 Å². The summed E-state index contributed by atoms with van der Waals surface area (Å²) in [5.74, 6) is 0. The molecule has 1 aliphatic heterocycles. The third kappa shape index (κ3) is 4.85. The Morgan fingerprint density at radius 3 is 2.47 bits per heavy atom. The predicted octanol–water partition coefficient (Wildman–Crippen LogP) is 1.42. The Bertz CT molecular complexity index is 217. The second-order valence-electron chi connectivity index (χ2n) is 4.77. The molecule has 1 saturated heterocycles. The minimum atomic E-state index is -2.25. The molecule has 0 aliphatic carbocycles. The van der Waals surface area contributed by atoms with E-state index in [1.54, 1.807) is 0 Å². The molecule has 0 saturated carbocycles. The van der Waals surface area contributed by atoms with Crippen molar-refractivity contribution in [1.29, 1.82) is 0 Å². The van der Waals surface area contributed by atoms with Crippen LogP contribution in [0, 0.1) is 0 Å². The van der Waals surface area contributed by atoms with Crippen molar-refractivity contribution in [3.8, 4) is 0 Å². The van der Waals surface area contributed by atoms with Crippen LogP contribution in [0.4, 0.5) is 8.78 Å². The summed E-state index contributed by atoms with van der Waals surface area (Å²) in [6.07, 6.45) is -0.926. The Labute approximate surface area is 102 Å². The van der Waals surface area contributed by atoms with Crippen molar-refractivity contribution in [1.82, 2.24) is 9.80 Å². The zero-order valence-electron chi connectivity index (χ0n) is 10.8. The Balaban J connectivity index is 2.42. The first-order valence-electron chi connectivity index (χ1n) is 6.49. The summed E-state index contributed by atoms with van der Waals surface area (Å²) in [4.78, 5) is 4.06. The van der Waals surface area contributed by atoms with Crippen molar-refractivity contribution >= 4 is 0 Å². The van der Waals surface area contributed by atoms with Gasteiger partial charge >= 0.3 is 0 Å². The Hall–Kier alpha value is -0.260. The number of β-amino-alcohol motifs (C(OH)–C–C–N with tert-alkyl or cyclic N) is 1. The first kappa shape index (κ1) is 14.8. The Morgan fingerprint density at radius 1 is 1.24 bits per heavy atom. The lowest BCUT2D eigenvalue weighted by atomic mass is 10.1. The molecule has 1 N–H and O–H groups in total. The largest absolute Gasteiger partial charge is 0.392 e. The van der Waals surface area contributed by atoms with Crippen molar-refractivity contribution in [2.45, 2.75) is 45.3 Å². The van der Waals surface area contributed by atoms with Crippen LogP contribution in [0.3, 0.4) is 0 Å². The van der Waals surface area contributed by atoms with E-state index in [0.717, 1.165) is 25.9 Å². The highest BCUT2D eigenvalue weighted by atomic mass is 19.3. The van der Waals surface area contributed by atoms with Crippen LogP contribution in [-0.4, -0.2) is 66.2 Å². The van der Waals surface area contributed by atoms with Gasteiger partial charge in [0.05, 0.1) is 12.6 Å². The van der Waals surface area contributed by atoms with E-state index in [9.17, 15) is 13.9 Å². The van der Waals surface area contributed by atoms with Crippen LogP contribution in [0.5, 0.6) is 0 Å².